The molecule has 0 unspecified atom stereocenters. The fourth-order valence-electron chi connectivity index (χ4n) is 2.81. The third kappa shape index (κ3) is 3.35. The second-order valence-corrected chi connectivity index (χ2v) is 8.57. The lowest BCUT2D eigenvalue weighted by Gasteiger charge is -2.26. The Morgan fingerprint density at radius 3 is 1.31 bits per heavy atom. The summed E-state index contributed by atoms with van der Waals surface area (Å²) in [5.74, 6) is 0. The van der Waals surface area contributed by atoms with E-state index in [1.165, 1.54) is 6.20 Å². The van der Waals surface area contributed by atoms with Gasteiger partial charge in [-0.2, -0.15) is 10.5 Å². The minimum atomic E-state index is -2.39. The molecular formula is C22H16N3P. The second kappa shape index (κ2) is 8.13. The van der Waals surface area contributed by atoms with Gasteiger partial charge in [-0.05, 0) is 0 Å². The van der Waals surface area contributed by atoms with Gasteiger partial charge in [0.1, 0.15) is 17.7 Å². The highest BCUT2D eigenvalue weighted by molar-refractivity contribution is 7.87. The molecule has 0 saturated heterocycles. The summed E-state index contributed by atoms with van der Waals surface area (Å²) in [6.07, 6.45) is 1.42. The van der Waals surface area contributed by atoms with Gasteiger partial charge in [-0.25, -0.2) is 0 Å². The van der Waals surface area contributed by atoms with Crippen LogP contribution in [0.1, 0.15) is 0 Å². The number of benzene rings is 3. The smallest absolute Gasteiger partial charge is 0.147 e. The van der Waals surface area contributed by atoms with Gasteiger partial charge in [-0.1, -0.05) is 91.0 Å². The molecule has 3 aromatic carbocycles. The number of nitriles is 2. The normalized spacial score (nSPS) is 10.2. The lowest BCUT2D eigenvalue weighted by Crippen LogP contribution is -2.25. The van der Waals surface area contributed by atoms with Crippen LogP contribution in [0.25, 0.3) is 0 Å². The second-order valence-electron chi connectivity index (χ2n) is 5.52. The van der Waals surface area contributed by atoms with E-state index in [0.717, 1.165) is 15.9 Å². The first-order chi connectivity index (χ1) is 12.8. The maximum atomic E-state index is 9.15. The molecule has 0 N–H and O–H groups in total. The molecule has 0 saturated carbocycles. The zero-order valence-corrected chi connectivity index (χ0v) is 14.9. The Labute approximate surface area is 153 Å². The van der Waals surface area contributed by atoms with Crippen LogP contribution in [0, 0.1) is 22.7 Å². The molecule has 0 aliphatic heterocycles. The van der Waals surface area contributed by atoms with Crippen LogP contribution in [0.2, 0.25) is 0 Å². The summed E-state index contributed by atoms with van der Waals surface area (Å²) >= 11 is 0. The Hall–Kier alpha value is -3.39. The lowest BCUT2D eigenvalue weighted by atomic mass is 10.4. The van der Waals surface area contributed by atoms with Crippen LogP contribution in [0.4, 0.5) is 0 Å². The van der Waals surface area contributed by atoms with Crippen molar-refractivity contribution in [2.75, 3.05) is 0 Å². The van der Waals surface area contributed by atoms with E-state index in [-0.39, 0.29) is 5.57 Å². The molecule has 0 amide bonds. The number of hydrogen-bond donors (Lipinski definition) is 0. The summed E-state index contributed by atoms with van der Waals surface area (Å²) in [4.78, 5) is 0. The maximum Gasteiger partial charge on any atom is 0.147 e. The molecule has 3 rings (SSSR count). The van der Waals surface area contributed by atoms with Crippen molar-refractivity contribution in [1.29, 1.82) is 10.5 Å². The molecule has 0 aliphatic rings. The number of rotatable bonds is 4. The molecule has 26 heavy (non-hydrogen) atoms. The van der Waals surface area contributed by atoms with Gasteiger partial charge in [0, 0.05) is 15.9 Å². The zero-order valence-electron chi connectivity index (χ0n) is 14.0. The number of nitrogens with zero attached hydrogens (tertiary/aromatic N) is 3. The van der Waals surface area contributed by atoms with Crippen molar-refractivity contribution >= 4 is 23.0 Å². The van der Waals surface area contributed by atoms with Crippen molar-refractivity contribution < 1.29 is 0 Å². The van der Waals surface area contributed by atoms with Crippen LogP contribution in [0.3, 0.4) is 0 Å². The average Bonchev–Trinajstić information content (AvgIpc) is 2.74. The zero-order chi connectivity index (χ0) is 18.2. The quantitative estimate of drug-likeness (QED) is 0.524. The average molecular weight is 353 g/mol. The van der Waals surface area contributed by atoms with Crippen LogP contribution >= 0.6 is 7.05 Å². The first-order valence-corrected chi connectivity index (χ1v) is 9.84. The van der Waals surface area contributed by atoms with Crippen molar-refractivity contribution in [3.8, 4) is 12.1 Å². The van der Waals surface area contributed by atoms with Crippen LogP contribution < -0.4 is 15.9 Å². The Bertz CT molecular complexity index is 922. The molecule has 124 valence electrons. The molecule has 4 heteroatoms. The molecule has 0 heterocycles. The molecule has 3 nitrogen and oxygen atoms in total. The summed E-state index contributed by atoms with van der Waals surface area (Å²) < 4.78 is 4.91. The van der Waals surface area contributed by atoms with Crippen molar-refractivity contribution in [2.24, 2.45) is 4.74 Å². The third-order valence-corrected chi connectivity index (χ3v) is 7.59. The topological polar surface area (TPSA) is 59.9 Å². The monoisotopic (exact) mass is 353 g/mol. The van der Waals surface area contributed by atoms with E-state index in [1.54, 1.807) is 0 Å². The fraction of sp³-hybridized carbons (Fsp3) is 0. The van der Waals surface area contributed by atoms with Gasteiger partial charge in [0.25, 0.3) is 0 Å². The number of allylic oxidation sites excluding steroid dienone is 1. The predicted octanol–water partition coefficient (Wildman–Crippen LogP) is 4.10. The van der Waals surface area contributed by atoms with Crippen LogP contribution in [0.15, 0.2) is 108 Å². The van der Waals surface area contributed by atoms with E-state index in [2.05, 4.69) is 36.4 Å². The van der Waals surface area contributed by atoms with Crippen LogP contribution in [-0.4, -0.2) is 0 Å². The van der Waals surface area contributed by atoms with Gasteiger partial charge in [-0.3, -0.25) is 4.74 Å². The lowest BCUT2D eigenvalue weighted by molar-refractivity contribution is 1.44. The van der Waals surface area contributed by atoms with Crippen molar-refractivity contribution in [2.45, 2.75) is 0 Å². The molecule has 0 fully saturated rings. The van der Waals surface area contributed by atoms with Gasteiger partial charge in [0.2, 0.25) is 0 Å². The molecule has 0 aromatic heterocycles. The summed E-state index contributed by atoms with van der Waals surface area (Å²) in [5, 5.41) is 21.5. The molecule has 0 radical (unpaired) electrons. The molecule has 0 aliphatic carbocycles. The fourth-order valence-corrected chi connectivity index (χ4v) is 6.20. The summed E-state index contributed by atoms with van der Waals surface area (Å²) in [6, 6.07) is 34.0. The highest BCUT2D eigenvalue weighted by Crippen LogP contribution is 2.46. The van der Waals surface area contributed by atoms with E-state index < -0.39 is 7.05 Å². The summed E-state index contributed by atoms with van der Waals surface area (Å²) in [5.41, 5.74) is -0.00262. The molecule has 0 atom stereocenters. The largest absolute Gasteiger partial charge is 0.260 e. The predicted molar refractivity (Wildman–Crippen MR) is 107 cm³/mol. The van der Waals surface area contributed by atoms with E-state index in [1.807, 2.05) is 66.7 Å². The van der Waals surface area contributed by atoms with Gasteiger partial charge in [0.05, 0.1) is 13.3 Å². The Morgan fingerprint density at radius 1 is 0.654 bits per heavy atom. The van der Waals surface area contributed by atoms with Crippen molar-refractivity contribution in [3.63, 3.8) is 0 Å². The molecule has 0 spiro atoms. The highest BCUT2D eigenvalue weighted by Gasteiger charge is 2.26. The standard InChI is InChI=1S/C22H16N3P/c23-16-19(17-24)18-25-26(20-10-4-1-5-11-20,21-12-6-2-7-13-21)22-14-8-3-9-15-22/h1-15,18H. The maximum absolute atomic E-state index is 9.15. The molecule has 0 bridgehead atoms. The van der Waals surface area contributed by atoms with Gasteiger partial charge in [0.15, 0.2) is 0 Å². The van der Waals surface area contributed by atoms with E-state index in [0.29, 0.717) is 0 Å². The third-order valence-electron chi connectivity index (χ3n) is 3.99. The minimum absolute atomic E-state index is 0.00262. The summed E-state index contributed by atoms with van der Waals surface area (Å²) in [6.45, 7) is 0. The van der Waals surface area contributed by atoms with E-state index >= 15 is 0 Å². The van der Waals surface area contributed by atoms with Crippen molar-refractivity contribution in [3.05, 3.63) is 103 Å². The van der Waals surface area contributed by atoms with Crippen molar-refractivity contribution in [1.82, 2.24) is 0 Å². The Kier molecular flexibility index (Phi) is 5.45. The minimum Gasteiger partial charge on any atom is -0.260 e. The molecule has 3 aromatic rings. The van der Waals surface area contributed by atoms with E-state index in [4.69, 9.17) is 15.3 Å². The van der Waals surface area contributed by atoms with Crippen LogP contribution in [-0.2, 0) is 0 Å². The van der Waals surface area contributed by atoms with E-state index in [9.17, 15) is 0 Å². The van der Waals surface area contributed by atoms with Gasteiger partial charge in [-0.15, -0.1) is 0 Å². The molecular weight excluding hydrogens is 337 g/mol. The van der Waals surface area contributed by atoms with Gasteiger partial charge < -0.3 is 0 Å². The highest BCUT2D eigenvalue weighted by atomic mass is 31.2. The number of hydrogen-bond acceptors (Lipinski definition) is 3. The van der Waals surface area contributed by atoms with Crippen LogP contribution in [0.5, 0.6) is 0 Å². The van der Waals surface area contributed by atoms with Gasteiger partial charge >= 0.3 is 0 Å². The first-order valence-electron chi connectivity index (χ1n) is 8.10. The Morgan fingerprint density at radius 2 is 1.00 bits per heavy atom. The Balaban J connectivity index is 2.45. The summed E-state index contributed by atoms with van der Waals surface area (Å²) in [7, 11) is -2.39. The first kappa shape index (κ1) is 17.4. The SMILES string of the molecule is N#CC(C#N)=CN=P(c1ccccc1)(c1ccccc1)c1ccccc1.